The van der Waals surface area contributed by atoms with E-state index in [4.69, 9.17) is 0 Å². The molecule has 0 amide bonds. The molecule has 0 aliphatic heterocycles. The second kappa shape index (κ2) is 8.35. The topological polar surface area (TPSA) is 67.3 Å². The minimum atomic E-state index is -1.52. The molecule has 23 heavy (non-hydrogen) atoms. The molecule has 0 fully saturated rings. The van der Waals surface area contributed by atoms with Crippen LogP contribution in [0.2, 0.25) is 0 Å². The van der Waals surface area contributed by atoms with Crippen molar-refractivity contribution in [1.29, 1.82) is 0 Å². The summed E-state index contributed by atoms with van der Waals surface area (Å²) in [6.45, 7) is 1.37. The Labute approximate surface area is 136 Å². The lowest BCUT2D eigenvalue weighted by molar-refractivity contribution is -0.112. The number of hydrogen-bond donors (Lipinski definition) is 1. The SMILES string of the molecule is CC(=O)C=C(O)CC[P+](=O)Cc1cccc(-c2ccccc2)n1. The summed E-state index contributed by atoms with van der Waals surface area (Å²) in [5.74, 6) is -0.234. The number of ketones is 1. The average molecular weight is 328 g/mol. The Hall–Kier alpha value is -2.32. The number of aliphatic hydroxyl groups is 1. The molecule has 0 aliphatic rings. The molecule has 1 atom stereocenters. The maximum absolute atomic E-state index is 12.1. The van der Waals surface area contributed by atoms with Gasteiger partial charge in [-0.1, -0.05) is 41.0 Å². The summed E-state index contributed by atoms with van der Waals surface area (Å²) in [7, 11) is -1.52. The molecule has 0 spiro atoms. The first-order valence-corrected chi connectivity index (χ1v) is 9.01. The zero-order valence-corrected chi connectivity index (χ0v) is 13.9. The van der Waals surface area contributed by atoms with Crippen LogP contribution in [0.3, 0.4) is 0 Å². The Morgan fingerprint density at radius 3 is 2.61 bits per heavy atom. The number of nitrogens with zero attached hydrogens (tertiary/aromatic N) is 1. The van der Waals surface area contributed by atoms with Crippen LogP contribution in [0.5, 0.6) is 0 Å². The average Bonchev–Trinajstić information content (AvgIpc) is 2.53. The Bertz CT molecular complexity index is 726. The molecule has 2 aromatic rings. The van der Waals surface area contributed by atoms with Crippen molar-refractivity contribution in [2.24, 2.45) is 0 Å². The van der Waals surface area contributed by atoms with Gasteiger partial charge in [-0.2, -0.15) is 0 Å². The molecule has 0 radical (unpaired) electrons. The summed E-state index contributed by atoms with van der Waals surface area (Å²) in [6, 6.07) is 15.5. The first-order valence-electron chi connectivity index (χ1n) is 7.38. The summed E-state index contributed by atoms with van der Waals surface area (Å²) in [5, 5.41) is 9.52. The number of hydrogen-bond acceptors (Lipinski definition) is 4. The molecule has 4 nitrogen and oxygen atoms in total. The third kappa shape index (κ3) is 5.76. The number of carbonyl (C=O) groups is 1. The second-order valence-corrected chi connectivity index (χ2v) is 6.97. The molecule has 1 aromatic heterocycles. The van der Waals surface area contributed by atoms with Gasteiger partial charge in [-0.25, -0.2) is 4.98 Å². The monoisotopic (exact) mass is 328 g/mol. The van der Waals surface area contributed by atoms with E-state index in [2.05, 4.69) is 4.98 Å². The standard InChI is InChI=1S/C18H18NO3P/c1-14(20)12-17(21)10-11-23(22)13-16-8-5-9-18(19-16)15-6-3-2-4-7-15/h2-9,12H,10-11,13H2,1H3/p+1. The van der Waals surface area contributed by atoms with Gasteiger partial charge >= 0.3 is 7.80 Å². The fourth-order valence-corrected chi connectivity index (χ4v) is 3.32. The predicted octanol–water partition coefficient (Wildman–Crippen LogP) is 4.50. The minimum absolute atomic E-state index is 0.0214. The van der Waals surface area contributed by atoms with Crippen molar-refractivity contribution in [3.8, 4) is 11.3 Å². The van der Waals surface area contributed by atoms with E-state index in [1.807, 2.05) is 48.5 Å². The first kappa shape index (κ1) is 17.0. The van der Waals surface area contributed by atoms with Crippen molar-refractivity contribution in [2.45, 2.75) is 19.5 Å². The van der Waals surface area contributed by atoms with Crippen LogP contribution in [-0.4, -0.2) is 22.0 Å². The highest BCUT2D eigenvalue weighted by atomic mass is 31.1. The minimum Gasteiger partial charge on any atom is -0.512 e. The van der Waals surface area contributed by atoms with Crippen LogP contribution in [0.1, 0.15) is 19.0 Å². The quantitative estimate of drug-likeness (QED) is 0.462. The van der Waals surface area contributed by atoms with Crippen LogP contribution in [0.25, 0.3) is 11.3 Å². The third-order valence-electron chi connectivity index (χ3n) is 3.20. The second-order valence-electron chi connectivity index (χ2n) is 5.24. The highest BCUT2D eigenvalue weighted by Gasteiger charge is 2.18. The number of aliphatic hydroxyl groups excluding tert-OH is 1. The van der Waals surface area contributed by atoms with E-state index in [0.717, 1.165) is 23.0 Å². The molecule has 2 rings (SSSR count). The van der Waals surface area contributed by atoms with E-state index in [1.165, 1.54) is 6.92 Å². The lowest BCUT2D eigenvalue weighted by Gasteiger charge is -2.01. The largest absolute Gasteiger partial charge is 0.512 e. The Morgan fingerprint density at radius 1 is 1.17 bits per heavy atom. The van der Waals surface area contributed by atoms with E-state index >= 15 is 0 Å². The smallest absolute Gasteiger partial charge is 0.345 e. The molecule has 1 N–H and O–H groups in total. The predicted molar refractivity (Wildman–Crippen MR) is 91.9 cm³/mol. The molecule has 0 bridgehead atoms. The first-order chi connectivity index (χ1) is 11.0. The molecule has 1 heterocycles. The lowest BCUT2D eigenvalue weighted by Crippen LogP contribution is -1.93. The summed E-state index contributed by atoms with van der Waals surface area (Å²) in [5.41, 5.74) is 2.64. The highest BCUT2D eigenvalue weighted by Crippen LogP contribution is 2.28. The fraction of sp³-hybridized carbons (Fsp3) is 0.222. The van der Waals surface area contributed by atoms with Gasteiger partial charge in [0.2, 0.25) is 0 Å². The molecule has 0 saturated heterocycles. The van der Waals surface area contributed by atoms with E-state index in [0.29, 0.717) is 12.3 Å². The number of carbonyl (C=O) groups excluding carboxylic acids is 1. The van der Waals surface area contributed by atoms with Gasteiger partial charge in [0.15, 0.2) is 18.1 Å². The number of pyridine rings is 1. The van der Waals surface area contributed by atoms with Crippen LogP contribution >= 0.6 is 7.80 Å². The molecular formula is C18H19NO3P+. The summed E-state index contributed by atoms with van der Waals surface area (Å²) >= 11 is 0. The van der Waals surface area contributed by atoms with Gasteiger partial charge in [-0.05, 0) is 19.1 Å². The number of benzene rings is 1. The molecular weight excluding hydrogens is 309 g/mol. The van der Waals surface area contributed by atoms with Gasteiger partial charge in [0.1, 0.15) is 0 Å². The van der Waals surface area contributed by atoms with Crippen LogP contribution in [0.15, 0.2) is 60.4 Å². The zero-order chi connectivity index (χ0) is 16.7. The van der Waals surface area contributed by atoms with Crippen molar-refractivity contribution < 1.29 is 14.5 Å². The normalized spacial score (nSPS) is 12.0. The summed E-state index contributed by atoms with van der Waals surface area (Å²) in [6.07, 6.45) is 2.11. The maximum Gasteiger partial charge on any atom is 0.345 e. The number of aromatic nitrogens is 1. The molecule has 5 heteroatoms. The third-order valence-corrected chi connectivity index (χ3v) is 4.60. The molecule has 0 aliphatic carbocycles. The molecule has 0 saturated carbocycles. The van der Waals surface area contributed by atoms with E-state index in [-0.39, 0.29) is 18.0 Å². The Kier molecular flexibility index (Phi) is 6.19. The number of allylic oxidation sites excluding steroid dienone is 2. The summed E-state index contributed by atoms with van der Waals surface area (Å²) in [4.78, 5) is 15.4. The van der Waals surface area contributed by atoms with Gasteiger partial charge in [-0.15, -0.1) is 0 Å². The Balaban J connectivity index is 1.98. The van der Waals surface area contributed by atoms with Crippen LogP contribution in [-0.2, 0) is 15.5 Å². The van der Waals surface area contributed by atoms with Crippen LogP contribution < -0.4 is 0 Å². The van der Waals surface area contributed by atoms with Crippen molar-refractivity contribution in [3.63, 3.8) is 0 Å². The number of rotatable bonds is 7. The van der Waals surface area contributed by atoms with Crippen LogP contribution in [0.4, 0.5) is 0 Å². The van der Waals surface area contributed by atoms with E-state index in [1.54, 1.807) is 0 Å². The van der Waals surface area contributed by atoms with E-state index in [9.17, 15) is 14.5 Å². The van der Waals surface area contributed by atoms with E-state index < -0.39 is 7.80 Å². The van der Waals surface area contributed by atoms with Gasteiger partial charge < -0.3 is 5.11 Å². The maximum atomic E-state index is 12.1. The Morgan fingerprint density at radius 2 is 1.91 bits per heavy atom. The zero-order valence-electron chi connectivity index (χ0n) is 13.0. The van der Waals surface area contributed by atoms with Crippen molar-refractivity contribution in [3.05, 3.63) is 66.1 Å². The van der Waals surface area contributed by atoms with Gasteiger partial charge in [0.25, 0.3) is 0 Å². The van der Waals surface area contributed by atoms with Crippen LogP contribution in [0, 0.1) is 0 Å². The highest BCUT2D eigenvalue weighted by molar-refractivity contribution is 7.43. The van der Waals surface area contributed by atoms with Gasteiger partial charge in [0, 0.05) is 18.1 Å². The molecule has 1 aromatic carbocycles. The lowest BCUT2D eigenvalue weighted by atomic mass is 10.1. The van der Waals surface area contributed by atoms with Crippen molar-refractivity contribution in [2.75, 3.05) is 6.16 Å². The van der Waals surface area contributed by atoms with Gasteiger partial charge in [-0.3, -0.25) is 4.79 Å². The molecule has 118 valence electrons. The summed E-state index contributed by atoms with van der Waals surface area (Å²) < 4.78 is 12.1. The van der Waals surface area contributed by atoms with Crippen molar-refractivity contribution >= 4 is 13.6 Å². The van der Waals surface area contributed by atoms with Gasteiger partial charge in [0.05, 0.1) is 17.1 Å². The molecule has 1 unspecified atom stereocenters. The van der Waals surface area contributed by atoms with Crippen molar-refractivity contribution in [1.82, 2.24) is 4.98 Å². The fourth-order valence-electron chi connectivity index (χ4n) is 2.14.